The SMILES string of the molecule is O=[C]CO[N+](=O)[O-]. The van der Waals surface area contributed by atoms with Gasteiger partial charge in [-0.2, -0.15) is 0 Å². The Morgan fingerprint density at radius 2 is 2.43 bits per heavy atom. The van der Waals surface area contributed by atoms with Crippen LogP contribution in [0.4, 0.5) is 0 Å². The summed E-state index contributed by atoms with van der Waals surface area (Å²) in [5.41, 5.74) is 0. The summed E-state index contributed by atoms with van der Waals surface area (Å²) < 4.78 is 0. The first-order chi connectivity index (χ1) is 3.27. The maximum absolute atomic E-state index is 9.16. The van der Waals surface area contributed by atoms with Crippen LogP contribution in [0.1, 0.15) is 0 Å². The van der Waals surface area contributed by atoms with Gasteiger partial charge >= 0.3 is 0 Å². The molecule has 0 aromatic rings. The number of hydrogen-bond donors (Lipinski definition) is 0. The molecule has 0 aliphatic rings. The largest absolute Gasteiger partial charge is 0.305 e. The van der Waals surface area contributed by atoms with Crippen molar-refractivity contribution in [3.8, 4) is 0 Å². The molecule has 0 saturated heterocycles. The molecule has 5 heteroatoms. The Morgan fingerprint density at radius 3 is 2.57 bits per heavy atom. The van der Waals surface area contributed by atoms with Crippen molar-refractivity contribution < 1.29 is 14.7 Å². The lowest BCUT2D eigenvalue weighted by molar-refractivity contribution is -0.753. The Bertz CT molecular complexity index is 79.8. The zero-order chi connectivity index (χ0) is 5.70. The fourth-order valence-corrected chi connectivity index (χ4v) is 0.0791. The number of nitrogens with zero attached hydrogens (tertiary/aromatic N) is 1. The van der Waals surface area contributed by atoms with Gasteiger partial charge in [0.15, 0.2) is 6.61 Å². The van der Waals surface area contributed by atoms with E-state index in [1.54, 1.807) is 0 Å². The van der Waals surface area contributed by atoms with Crippen molar-refractivity contribution in [1.29, 1.82) is 0 Å². The lowest BCUT2D eigenvalue weighted by Crippen LogP contribution is -2.01. The van der Waals surface area contributed by atoms with Gasteiger partial charge in [-0.15, -0.1) is 10.1 Å². The third-order valence-electron chi connectivity index (χ3n) is 0.229. The zero-order valence-electron chi connectivity index (χ0n) is 3.29. The Hall–Kier alpha value is -1.13. The Balaban J connectivity index is 2.97. The van der Waals surface area contributed by atoms with E-state index in [1.165, 1.54) is 6.29 Å². The summed E-state index contributed by atoms with van der Waals surface area (Å²) in [7, 11) is 0. The third kappa shape index (κ3) is 4.87. The van der Waals surface area contributed by atoms with Crippen LogP contribution in [0.2, 0.25) is 0 Å². The van der Waals surface area contributed by atoms with Gasteiger partial charge in [0.1, 0.15) is 0 Å². The van der Waals surface area contributed by atoms with Gasteiger partial charge in [-0.1, -0.05) is 0 Å². The maximum Gasteiger partial charge on any atom is 0.294 e. The second-order valence-electron chi connectivity index (χ2n) is 0.641. The van der Waals surface area contributed by atoms with Gasteiger partial charge in [-0.05, 0) is 0 Å². The van der Waals surface area contributed by atoms with Crippen LogP contribution >= 0.6 is 0 Å². The molecule has 0 aromatic carbocycles. The fourth-order valence-electron chi connectivity index (χ4n) is 0.0791. The highest BCUT2D eigenvalue weighted by Gasteiger charge is 1.88. The summed E-state index contributed by atoms with van der Waals surface area (Å²) in [6.45, 7) is -0.604. The summed E-state index contributed by atoms with van der Waals surface area (Å²) in [6, 6.07) is 0. The average molecular weight is 104 g/mol. The monoisotopic (exact) mass is 104 g/mol. The van der Waals surface area contributed by atoms with E-state index < -0.39 is 11.7 Å². The molecule has 0 atom stereocenters. The molecule has 0 rings (SSSR count). The van der Waals surface area contributed by atoms with Crippen LogP contribution in [0.15, 0.2) is 0 Å². The third-order valence-corrected chi connectivity index (χ3v) is 0.229. The van der Waals surface area contributed by atoms with E-state index in [4.69, 9.17) is 14.9 Å². The van der Waals surface area contributed by atoms with E-state index in [9.17, 15) is 0 Å². The summed E-state index contributed by atoms with van der Waals surface area (Å²) in [4.78, 5) is 21.8. The second kappa shape index (κ2) is 3.08. The maximum atomic E-state index is 9.16. The summed E-state index contributed by atoms with van der Waals surface area (Å²) in [5.74, 6) is 0. The molecule has 0 aromatic heterocycles. The van der Waals surface area contributed by atoms with Crippen LogP contribution < -0.4 is 0 Å². The normalized spacial score (nSPS) is 7.43. The summed E-state index contributed by atoms with van der Waals surface area (Å²) in [6.07, 6.45) is 1.19. The molecule has 0 bridgehead atoms. The van der Waals surface area contributed by atoms with E-state index >= 15 is 0 Å². The van der Waals surface area contributed by atoms with E-state index in [0.29, 0.717) is 0 Å². The Labute approximate surface area is 39.0 Å². The Kier molecular flexibility index (Phi) is 2.58. The molecule has 0 spiro atoms. The van der Waals surface area contributed by atoms with Crippen LogP contribution in [-0.2, 0) is 9.63 Å². The highest BCUT2D eigenvalue weighted by molar-refractivity contribution is 5.51. The predicted octanol–water partition coefficient (Wildman–Crippen LogP) is -0.696. The van der Waals surface area contributed by atoms with Crippen LogP contribution in [0.5, 0.6) is 0 Å². The molecule has 5 nitrogen and oxygen atoms in total. The molecule has 0 unspecified atom stereocenters. The molecule has 0 saturated carbocycles. The molecule has 0 amide bonds. The van der Waals surface area contributed by atoms with E-state index in [-0.39, 0.29) is 0 Å². The van der Waals surface area contributed by atoms with Crippen molar-refractivity contribution in [1.82, 2.24) is 0 Å². The highest BCUT2D eigenvalue weighted by Crippen LogP contribution is 1.66. The molecular weight excluding hydrogens is 102 g/mol. The van der Waals surface area contributed by atoms with Crippen LogP contribution in [0.25, 0.3) is 0 Å². The van der Waals surface area contributed by atoms with E-state index in [0.717, 1.165) is 0 Å². The minimum absolute atomic E-state index is 0.604. The Morgan fingerprint density at radius 1 is 1.86 bits per heavy atom. The van der Waals surface area contributed by atoms with Gasteiger partial charge in [0.05, 0.1) is 0 Å². The first kappa shape index (κ1) is 5.87. The lowest BCUT2D eigenvalue weighted by atomic mass is 10.9. The van der Waals surface area contributed by atoms with Crippen molar-refractivity contribution >= 4 is 6.29 Å². The fraction of sp³-hybridized carbons (Fsp3) is 0.500. The van der Waals surface area contributed by atoms with E-state index in [2.05, 4.69) is 4.84 Å². The topological polar surface area (TPSA) is 69.4 Å². The molecule has 0 N–H and O–H groups in total. The minimum Gasteiger partial charge on any atom is -0.305 e. The second-order valence-corrected chi connectivity index (χ2v) is 0.641. The first-order valence-corrected chi connectivity index (χ1v) is 1.39. The van der Waals surface area contributed by atoms with E-state index in [1.807, 2.05) is 0 Å². The van der Waals surface area contributed by atoms with Gasteiger partial charge in [-0.25, -0.2) is 0 Å². The predicted molar refractivity (Wildman–Crippen MR) is 18.6 cm³/mol. The number of carbonyl (C=O) groups excluding carboxylic acids is 1. The van der Waals surface area contributed by atoms with Gasteiger partial charge in [0.2, 0.25) is 6.29 Å². The molecule has 0 fully saturated rings. The van der Waals surface area contributed by atoms with Crippen molar-refractivity contribution in [2.24, 2.45) is 0 Å². The molecule has 7 heavy (non-hydrogen) atoms. The standard InChI is InChI=1S/C2H2NO4/c4-1-2-7-3(5)6/h2H2. The molecule has 1 radical (unpaired) electrons. The molecule has 39 valence electrons. The quantitative estimate of drug-likeness (QED) is 0.350. The average Bonchev–Trinajstić information content (AvgIpc) is 1.61. The molecule has 0 heterocycles. The zero-order valence-corrected chi connectivity index (χ0v) is 3.29. The summed E-state index contributed by atoms with van der Waals surface area (Å²) in [5, 5.41) is 8.11. The van der Waals surface area contributed by atoms with Crippen LogP contribution in [0.3, 0.4) is 0 Å². The first-order valence-electron chi connectivity index (χ1n) is 1.39. The van der Waals surface area contributed by atoms with Gasteiger partial charge in [0.25, 0.3) is 5.09 Å². The highest BCUT2D eigenvalue weighted by atomic mass is 16.9. The van der Waals surface area contributed by atoms with Crippen LogP contribution in [0, 0.1) is 10.1 Å². The van der Waals surface area contributed by atoms with Crippen molar-refractivity contribution in [3.05, 3.63) is 10.1 Å². The summed E-state index contributed by atoms with van der Waals surface area (Å²) >= 11 is 0. The van der Waals surface area contributed by atoms with Crippen molar-refractivity contribution in [3.63, 3.8) is 0 Å². The van der Waals surface area contributed by atoms with Gasteiger partial charge in [-0.3, -0.25) is 4.79 Å². The van der Waals surface area contributed by atoms with Crippen molar-refractivity contribution in [2.45, 2.75) is 0 Å². The van der Waals surface area contributed by atoms with Gasteiger partial charge < -0.3 is 4.84 Å². The molecule has 0 aliphatic carbocycles. The number of rotatable bonds is 3. The van der Waals surface area contributed by atoms with Crippen LogP contribution in [-0.4, -0.2) is 18.0 Å². The van der Waals surface area contributed by atoms with Crippen molar-refractivity contribution in [2.75, 3.05) is 6.61 Å². The minimum atomic E-state index is -1.05. The smallest absolute Gasteiger partial charge is 0.294 e. The molecule has 0 aliphatic heterocycles. The molecular formula is C2H2NO4. The van der Waals surface area contributed by atoms with Gasteiger partial charge in [0, 0.05) is 0 Å². The lowest BCUT2D eigenvalue weighted by Gasteiger charge is -1.82. The number of hydrogen-bond acceptors (Lipinski definition) is 4.